The van der Waals surface area contributed by atoms with Gasteiger partial charge in [-0.3, -0.25) is 19.7 Å². The zero-order valence-corrected chi connectivity index (χ0v) is 12.9. The third-order valence-corrected chi connectivity index (χ3v) is 3.07. The number of amides is 1. The highest BCUT2D eigenvalue weighted by molar-refractivity contribution is 5.94. The quantitative estimate of drug-likeness (QED) is 0.438. The van der Waals surface area contributed by atoms with Crippen LogP contribution in [0.4, 0.5) is 5.69 Å². The first-order valence-electron chi connectivity index (χ1n) is 7.07. The van der Waals surface area contributed by atoms with Gasteiger partial charge >= 0.3 is 5.97 Å². The van der Waals surface area contributed by atoms with Gasteiger partial charge in [-0.25, -0.2) is 0 Å². The Kier molecular flexibility index (Phi) is 6.49. The van der Waals surface area contributed by atoms with Crippen LogP contribution in [0.5, 0.6) is 0 Å². The van der Waals surface area contributed by atoms with Gasteiger partial charge in [0.05, 0.1) is 18.0 Å². The van der Waals surface area contributed by atoms with Gasteiger partial charge in [-0.2, -0.15) is 0 Å². The van der Waals surface area contributed by atoms with Crippen LogP contribution in [0.15, 0.2) is 24.3 Å². The molecule has 0 aliphatic rings. The van der Waals surface area contributed by atoms with Crippen molar-refractivity contribution < 1.29 is 19.2 Å². The molecule has 0 aromatic heterocycles. The average molecular weight is 308 g/mol. The molecule has 22 heavy (non-hydrogen) atoms. The second-order valence-electron chi connectivity index (χ2n) is 4.95. The molecular formula is C15H20N2O5. The summed E-state index contributed by atoms with van der Waals surface area (Å²) in [6, 6.07) is 5.31. The van der Waals surface area contributed by atoms with Crippen molar-refractivity contribution >= 4 is 17.6 Å². The fourth-order valence-corrected chi connectivity index (χ4v) is 1.93. The average Bonchev–Trinajstić information content (AvgIpc) is 2.47. The fourth-order valence-electron chi connectivity index (χ4n) is 1.93. The molecular weight excluding hydrogens is 288 g/mol. The Bertz CT molecular complexity index is 539. The highest BCUT2D eigenvalue weighted by atomic mass is 16.6. The van der Waals surface area contributed by atoms with Crippen molar-refractivity contribution in [2.24, 2.45) is 0 Å². The summed E-state index contributed by atoms with van der Waals surface area (Å²) in [4.78, 5) is 35.5. The van der Waals surface area contributed by atoms with Gasteiger partial charge in [0.25, 0.3) is 11.6 Å². The molecule has 0 spiro atoms. The van der Waals surface area contributed by atoms with Crippen molar-refractivity contribution in [2.75, 3.05) is 13.2 Å². The predicted molar refractivity (Wildman–Crippen MR) is 80.5 cm³/mol. The third kappa shape index (κ3) is 4.83. The number of nitro benzene ring substituents is 1. The Balaban J connectivity index is 2.80. The smallest absolute Gasteiger partial charge is 0.307 e. The topological polar surface area (TPSA) is 89.8 Å². The van der Waals surface area contributed by atoms with Gasteiger partial charge in [-0.15, -0.1) is 0 Å². The molecule has 1 amide bonds. The summed E-state index contributed by atoms with van der Waals surface area (Å²) < 4.78 is 4.85. The van der Waals surface area contributed by atoms with Gasteiger partial charge in [-0.1, -0.05) is 0 Å². The monoisotopic (exact) mass is 308 g/mol. The van der Waals surface area contributed by atoms with Crippen molar-refractivity contribution in [1.29, 1.82) is 0 Å². The number of hydrogen-bond acceptors (Lipinski definition) is 5. The van der Waals surface area contributed by atoms with E-state index < -0.39 is 4.92 Å². The summed E-state index contributed by atoms with van der Waals surface area (Å²) in [5, 5.41) is 10.6. The molecule has 0 N–H and O–H groups in total. The van der Waals surface area contributed by atoms with Crippen LogP contribution in [0.3, 0.4) is 0 Å². The molecule has 0 heterocycles. The largest absolute Gasteiger partial charge is 0.466 e. The molecule has 1 aromatic carbocycles. The lowest BCUT2D eigenvalue weighted by Gasteiger charge is -2.26. The van der Waals surface area contributed by atoms with Crippen molar-refractivity contribution in [2.45, 2.75) is 33.2 Å². The molecule has 0 bridgehead atoms. The van der Waals surface area contributed by atoms with Gasteiger partial charge < -0.3 is 9.64 Å². The predicted octanol–water partition coefficient (Wildman–Crippen LogP) is 2.40. The number of ether oxygens (including phenoxy) is 1. The Morgan fingerprint density at radius 2 is 1.86 bits per heavy atom. The molecule has 1 aromatic rings. The lowest BCUT2D eigenvalue weighted by atomic mass is 10.1. The van der Waals surface area contributed by atoms with Crippen LogP contribution >= 0.6 is 0 Å². The van der Waals surface area contributed by atoms with Gasteiger partial charge in [0, 0.05) is 30.3 Å². The first-order valence-corrected chi connectivity index (χ1v) is 7.07. The zero-order valence-electron chi connectivity index (χ0n) is 12.9. The Morgan fingerprint density at radius 3 is 2.32 bits per heavy atom. The van der Waals surface area contributed by atoms with Crippen molar-refractivity contribution in [3.05, 3.63) is 39.9 Å². The summed E-state index contributed by atoms with van der Waals surface area (Å²) in [5.74, 6) is -0.626. The molecule has 0 fully saturated rings. The lowest BCUT2D eigenvalue weighted by Crippen LogP contribution is -2.38. The standard InChI is InChI=1S/C15H20N2O5/c1-4-22-14(18)9-10-16(11(2)3)15(19)12-5-7-13(8-6-12)17(20)21/h5-8,11H,4,9-10H2,1-3H3. The molecule has 0 unspecified atom stereocenters. The summed E-state index contributed by atoms with van der Waals surface area (Å²) in [7, 11) is 0. The van der Waals surface area contributed by atoms with E-state index in [4.69, 9.17) is 4.74 Å². The van der Waals surface area contributed by atoms with Crippen LogP contribution in [0.2, 0.25) is 0 Å². The van der Waals surface area contributed by atoms with Crippen LogP contribution in [0.25, 0.3) is 0 Å². The highest BCUT2D eigenvalue weighted by Gasteiger charge is 2.20. The second kappa shape index (κ2) is 8.11. The Hall–Kier alpha value is -2.44. The van der Waals surface area contributed by atoms with E-state index in [1.165, 1.54) is 29.2 Å². The molecule has 0 radical (unpaired) electrons. The zero-order chi connectivity index (χ0) is 16.7. The number of carbonyl (C=O) groups is 2. The van der Waals surface area contributed by atoms with Crippen LogP contribution in [0, 0.1) is 10.1 Å². The second-order valence-corrected chi connectivity index (χ2v) is 4.95. The molecule has 0 aliphatic heterocycles. The summed E-state index contributed by atoms with van der Waals surface area (Å²) in [5.41, 5.74) is 0.280. The van der Waals surface area contributed by atoms with E-state index in [9.17, 15) is 19.7 Å². The maximum absolute atomic E-state index is 12.4. The fraction of sp³-hybridized carbons (Fsp3) is 0.467. The molecule has 7 nitrogen and oxygen atoms in total. The normalized spacial score (nSPS) is 10.4. The maximum atomic E-state index is 12.4. The minimum absolute atomic E-state index is 0.0702. The molecule has 0 saturated heterocycles. The van der Waals surface area contributed by atoms with Crippen LogP contribution in [-0.2, 0) is 9.53 Å². The van der Waals surface area contributed by atoms with E-state index >= 15 is 0 Å². The first kappa shape index (κ1) is 17.6. The number of hydrogen-bond donors (Lipinski definition) is 0. The van der Waals surface area contributed by atoms with Crippen LogP contribution < -0.4 is 0 Å². The van der Waals surface area contributed by atoms with Gasteiger partial charge in [-0.05, 0) is 32.9 Å². The lowest BCUT2D eigenvalue weighted by molar-refractivity contribution is -0.384. The third-order valence-electron chi connectivity index (χ3n) is 3.07. The number of nitrogens with zero attached hydrogens (tertiary/aromatic N) is 2. The highest BCUT2D eigenvalue weighted by Crippen LogP contribution is 2.15. The molecule has 0 aliphatic carbocycles. The van der Waals surface area contributed by atoms with Crippen LogP contribution in [-0.4, -0.2) is 40.9 Å². The molecule has 0 atom stereocenters. The van der Waals surface area contributed by atoms with Gasteiger partial charge in [0.2, 0.25) is 0 Å². The van der Waals surface area contributed by atoms with Gasteiger partial charge in [0.1, 0.15) is 0 Å². The van der Waals surface area contributed by atoms with Gasteiger partial charge in [0.15, 0.2) is 0 Å². The molecule has 7 heteroatoms. The number of rotatable bonds is 7. The van der Waals surface area contributed by atoms with Crippen molar-refractivity contribution in [1.82, 2.24) is 4.90 Å². The summed E-state index contributed by atoms with van der Waals surface area (Å²) in [6.45, 7) is 5.95. The Labute approximate surface area is 129 Å². The molecule has 0 saturated carbocycles. The SMILES string of the molecule is CCOC(=O)CCN(C(=O)c1ccc([N+](=O)[O-])cc1)C(C)C. The first-order chi connectivity index (χ1) is 10.4. The van der Waals surface area contributed by atoms with E-state index in [1.807, 2.05) is 13.8 Å². The van der Waals surface area contributed by atoms with Crippen LogP contribution in [0.1, 0.15) is 37.6 Å². The van der Waals surface area contributed by atoms with E-state index in [1.54, 1.807) is 6.92 Å². The van der Waals surface area contributed by atoms with Crippen molar-refractivity contribution in [3.8, 4) is 0 Å². The van der Waals surface area contributed by atoms with E-state index in [2.05, 4.69) is 0 Å². The Morgan fingerprint density at radius 1 is 1.27 bits per heavy atom. The number of esters is 1. The van der Waals surface area contributed by atoms with E-state index in [0.717, 1.165) is 0 Å². The number of non-ortho nitro benzene ring substituents is 1. The number of nitro groups is 1. The summed E-state index contributed by atoms with van der Waals surface area (Å²) >= 11 is 0. The van der Waals surface area contributed by atoms with E-state index in [0.29, 0.717) is 12.2 Å². The molecule has 120 valence electrons. The minimum Gasteiger partial charge on any atom is -0.466 e. The summed E-state index contributed by atoms with van der Waals surface area (Å²) in [6.07, 6.45) is 0.116. The number of benzene rings is 1. The van der Waals surface area contributed by atoms with Crippen molar-refractivity contribution in [3.63, 3.8) is 0 Å². The number of carbonyl (C=O) groups excluding carboxylic acids is 2. The maximum Gasteiger partial charge on any atom is 0.307 e. The minimum atomic E-state index is -0.519. The molecule has 1 rings (SSSR count). The van der Waals surface area contributed by atoms with E-state index in [-0.39, 0.29) is 36.6 Å².